The fourth-order valence-electron chi connectivity index (χ4n) is 5.27. The predicted molar refractivity (Wildman–Crippen MR) is 79.0 cm³/mol. The number of nitrogens with zero attached hydrogens (tertiary/aromatic N) is 1. The molecule has 1 spiro atoms. The van der Waals surface area contributed by atoms with Crippen molar-refractivity contribution < 1.29 is 20.1 Å². The van der Waals surface area contributed by atoms with E-state index in [-0.39, 0.29) is 6.04 Å². The van der Waals surface area contributed by atoms with Crippen LogP contribution < -0.4 is 4.74 Å². The van der Waals surface area contributed by atoms with E-state index in [9.17, 15) is 10.2 Å². The molecule has 0 unspecified atom stereocenters. The van der Waals surface area contributed by atoms with Gasteiger partial charge in [-0.15, -0.1) is 0 Å². The Bertz CT molecular complexity index is 738. The summed E-state index contributed by atoms with van der Waals surface area (Å²) in [6.45, 7) is 0.832. The molecule has 0 saturated carbocycles. The van der Waals surface area contributed by atoms with E-state index in [1.54, 1.807) is 18.2 Å². The van der Waals surface area contributed by atoms with Crippen LogP contribution in [-0.2, 0) is 11.8 Å². The first-order valence-corrected chi connectivity index (χ1v) is 7.79. The number of phenols is 1. The third-order valence-corrected chi connectivity index (χ3v) is 6.27. The fraction of sp³-hybridized carbons (Fsp3) is 0.529. The van der Waals surface area contributed by atoms with Crippen LogP contribution in [0.4, 0.5) is 0 Å². The van der Waals surface area contributed by atoms with E-state index in [4.69, 9.17) is 11.3 Å². The van der Waals surface area contributed by atoms with Crippen LogP contribution >= 0.6 is 0 Å². The molecular formula is C17H19NO4. The molecule has 1 aromatic rings. The van der Waals surface area contributed by atoms with Crippen LogP contribution in [-0.4, -0.2) is 59.1 Å². The second kappa shape index (κ2) is 3.67. The summed E-state index contributed by atoms with van der Waals surface area (Å²) < 4.78 is 13.4. The normalized spacial score (nSPS) is 45.0. The Kier molecular flexibility index (Phi) is 1.99. The highest BCUT2D eigenvalue weighted by Gasteiger charge is 2.71. The zero-order valence-corrected chi connectivity index (χ0v) is 12.3. The van der Waals surface area contributed by atoms with Gasteiger partial charge in [-0.05, 0) is 38.1 Å². The van der Waals surface area contributed by atoms with Gasteiger partial charge in [0.25, 0.3) is 1.43 Å². The maximum absolute atomic E-state index is 11.7. The zero-order valence-electron chi connectivity index (χ0n) is 13.3. The summed E-state index contributed by atoms with van der Waals surface area (Å²) in [6.07, 6.45) is 3.50. The molecule has 5 nitrogen and oxygen atoms in total. The average molecular weight is 302 g/mol. The molecule has 2 aliphatic heterocycles. The first kappa shape index (κ1) is 11.9. The van der Waals surface area contributed by atoms with Crippen molar-refractivity contribution in [2.24, 2.45) is 0 Å². The third-order valence-electron chi connectivity index (χ3n) is 6.27. The van der Waals surface area contributed by atoms with Crippen molar-refractivity contribution in [3.05, 3.63) is 35.4 Å². The van der Waals surface area contributed by atoms with E-state index in [0.29, 0.717) is 24.3 Å². The molecule has 116 valence electrons. The van der Waals surface area contributed by atoms with Gasteiger partial charge in [0.2, 0.25) is 0 Å². The van der Waals surface area contributed by atoms with Crippen LogP contribution in [0.5, 0.6) is 11.5 Å². The maximum atomic E-state index is 11.7. The minimum absolute atomic E-state index is 0.0488. The van der Waals surface area contributed by atoms with E-state index in [0.717, 1.165) is 17.7 Å². The van der Waals surface area contributed by atoms with Gasteiger partial charge < -0.3 is 20.1 Å². The number of hydrogen-bond donors (Lipinski definition) is 3. The van der Waals surface area contributed by atoms with Crippen molar-refractivity contribution in [1.29, 1.82) is 1.43 Å². The topological polar surface area (TPSA) is 73.2 Å². The number of likely N-dealkylation sites (N-methyl/N-ethyl adjacent to an activating group) is 1. The summed E-state index contributed by atoms with van der Waals surface area (Å²) in [6, 6.07) is 3.66. The highest BCUT2D eigenvalue weighted by molar-refractivity contribution is 5.63. The van der Waals surface area contributed by atoms with E-state index < -0.39 is 23.2 Å². The highest BCUT2D eigenvalue weighted by atomic mass is 16.5. The minimum Gasteiger partial charge on any atom is -0.504 e. The molecule has 2 aliphatic carbocycles. The molecule has 0 radical (unpaired) electrons. The molecule has 0 aromatic heterocycles. The van der Waals surface area contributed by atoms with Crippen LogP contribution in [0, 0.1) is 0 Å². The number of rotatable bonds is 1. The molecule has 1 saturated heterocycles. The number of aliphatic hydroxyl groups is 2. The Morgan fingerprint density at radius 2 is 2.32 bits per heavy atom. The summed E-state index contributed by atoms with van der Waals surface area (Å²) in [5.74, 6) is 0.867. The Hall–Kier alpha value is -1.56. The van der Waals surface area contributed by atoms with Gasteiger partial charge in [-0.2, -0.15) is 0 Å². The van der Waals surface area contributed by atoms with Gasteiger partial charge in [0.05, 0.1) is 5.41 Å². The Morgan fingerprint density at radius 3 is 3.14 bits per heavy atom. The standard InChI is InChI=1S/C17H19NO4/c1-18-7-6-16-13-9-2-3-10(19)14(13)22-15(16)11(20)4-5-17(16,21)12(18)8-9/h2-5,11-12,15,19-21H,6-8H2,1H3/t11-,12+,15-,16-,17+/m0/s1/i/hD. The molecule has 4 aliphatic rings. The number of piperidine rings is 1. The van der Waals surface area contributed by atoms with Crippen LogP contribution in [0.25, 0.3) is 0 Å². The van der Waals surface area contributed by atoms with Crippen LogP contribution in [0.1, 0.15) is 17.5 Å². The first-order valence-electron chi connectivity index (χ1n) is 8.20. The molecule has 2 bridgehead atoms. The number of aliphatic hydroxyl groups excluding tert-OH is 1. The number of ether oxygens (including phenoxy) is 1. The lowest BCUT2D eigenvalue weighted by Crippen LogP contribution is -2.75. The molecule has 1 fully saturated rings. The Labute approximate surface area is 129 Å². The second-order valence-corrected chi connectivity index (χ2v) is 7.06. The van der Waals surface area contributed by atoms with Gasteiger partial charge in [-0.3, -0.25) is 4.90 Å². The monoisotopic (exact) mass is 302 g/mol. The minimum atomic E-state index is -1.08. The van der Waals surface area contributed by atoms with Crippen molar-refractivity contribution in [1.82, 2.24) is 4.90 Å². The summed E-state index contributed by atoms with van der Waals surface area (Å²) in [4.78, 5) is 2.19. The van der Waals surface area contributed by atoms with Crippen molar-refractivity contribution in [2.45, 2.75) is 42.1 Å². The van der Waals surface area contributed by atoms with Gasteiger partial charge in [0.1, 0.15) is 17.8 Å². The number of likely N-dealkylation sites (tertiary alicyclic amines) is 1. The van der Waals surface area contributed by atoms with Gasteiger partial charge in [-0.25, -0.2) is 0 Å². The maximum Gasteiger partial charge on any atom is 0.293 e. The molecule has 22 heavy (non-hydrogen) atoms. The highest BCUT2D eigenvalue weighted by Crippen LogP contribution is 2.63. The lowest BCUT2D eigenvalue weighted by Gasteiger charge is -2.61. The van der Waals surface area contributed by atoms with Gasteiger partial charge in [0, 0.05) is 11.6 Å². The Morgan fingerprint density at radius 1 is 1.45 bits per heavy atom. The van der Waals surface area contributed by atoms with E-state index in [2.05, 4.69) is 4.90 Å². The summed E-state index contributed by atoms with van der Waals surface area (Å²) in [5, 5.41) is 26.9. The predicted octanol–water partition coefficient (Wildman–Crippen LogP) is 0.313. The number of phenolic OH excluding ortho intramolecular Hbond substituents is 1. The smallest absolute Gasteiger partial charge is 0.293 e. The lowest BCUT2D eigenvalue weighted by molar-refractivity contribution is -0.151. The van der Waals surface area contributed by atoms with Crippen LogP contribution in [0.3, 0.4) is 0 Å². The Balaban J connectivity index is 1.87. The molecule has 0 amide bonds. The largest absolute Gasteiger partial charge is 0.504 e. The number of hydrogen-bond acceptors (Lipinski definition) is 5. The van der Waals surface area contributed by atoms with Crippen molar-refractivity contribution in [3.63, 3.8) is 0 Å². The second-order valence-electron chi connectivity index (χ2n) is 7.06. The lowest BCUT2D eigenvalue weighted by atomic mass is 9.50. The van der Waals surface area contributed by atoms with E-state index in [1.165, 1.54) is 0 Å². The molecule has 3 N–H and O–H groups in total. The molecule has 5 heteroatoms. The summed E-state index contributed by atoms with van der Waals surface area (Å²) in [7, 11) is 2.03. The van der Waals surface area contributed by atoms with Crippen LogP contribution in [0.15, 0.2) is 24.3 Å². The summed E-state index contributed by atoms with van der Waals surface area (Å²) in [5.41, 5.74) is 0.299. The van der Waals surface area contributed by atoms with Crippen molar-refractivity contribution >= 4 is 0 Å². The van der Waals surface area contributed by atoms with Gasteiger partial charge in [-0.1, -0.05) is 18.2 Å². The zero-order chi connectivity index (χ0) is 16.0. The van der Waals surface area contributed by atoms with Crippen molar-refractivity contribution in [3.8, 4) is 11.5 Å². The number of aromatic hydroxyl groups is 1. The molecular weight excluding hydrogens is 282 g/mol. The molecule has 5 atom stereocenters. The number of benzene rings is 1. The molecule has 5 rings (SSSR count). The van der Waals surface area contributed by atoms with Crippen molar-refractivity contribution in [2.75, 3.05) is 13.6 Å². The summed E-state index contributed by atoms with van der Waals surface area (Å²) >= 11 is 0. The molecule has 1 aromatic carbocycles. The van der Waals surface area contributed by atoms with E-state index >= 15 is 0 Å². The van der Waals surface area contributed by atoms with Gasteiger partial charge >= 0.3 is 0 Å². The first-order chi connectivity index (χ1) is 11.0. The fourth-order valence-corrected chi connectivity index (χ4v) is 5.27. The quantitative estimate of drug-likeness (QED) is 0.651. The van der Waals surface area contributed by atoms with Gasteiger partial charge in [0.15, 0.2) is 11.5 Å². The van der Waals surface area contributed by atoms with Crippen LogP contribution in [0.2, 0.25) is 0 Å². The molecule has 2 heterocycles. The third kappa shape index (κ3) is 1.13. The SMILES string of the molecule is [2H]Oc1ccc2c3c1O[C@H]1[C@@H](O)C=C[C@@]4(O)[C@@H](C2)N(C)CC[C@]314. The average Bonchev–Trinajstić information content (AvgIpc) is 2.90. The van der Waals surface area contributed by atoms with E-state index in [1.807, 2.05) is 13.1 Å².